The Balaban J connectivity index is 3.14. The van der Waals surface area contributed by atoms with E-state index in [1.807, 2.05) is 19.0 Å². The minimum absolute atomic E-state index is 0.00621. The largest absolute Gasteiger partial charge is 0.478 e. The summed E-state index contributed by atoms with van der Waals surface area (Å²) < 4.78 is 25.9. The van der Waals surface area contributed by atoms with Crippen LogP contribution in [0.5, 0.6) is 0 Å². The second kappa shape index (κ2) is 6.53. The number of halogens is 1. The maximum absolute atomic E-state index is 12.4. The third kappa shape index (κ3) is 3.92. The van der Waals surface area contributed by atoms with E-state index in [9.17, 15) is 13.2 Å². The predicted molar refractivity (Wildman–Crippen MR) is 76.8 cm³/mol. The summed E-state index contributed by atoms with van der Waals surface area (Å²) in [6, 6.07) is 3.62. The molecule has 0 spiro atoms. The summed E-state index contributed by atoms with van der Waals surface area (Å²) >= 11 is 5.88. The fourth-order valence-electron chi connectivity index (χ4n) is 1.46. The summed E-state index contributed by atoms with van der Waals surface area (Å²) in [5.74, 6) is -1.20. The number of hydrogen-bond acceptors (Lipinski definition) is 4. The Labute approximate surface area is 123 Å². The molecule has 0 aliphatic carbocycles. The van der Waals surface area contributed by atoms with E-state index < -0.39 is 16.0 Å². The first kappa shape index (κ1) is 16.9. The van der Waals surface area contributed by atoms with Crippen molar-refractivity contribution in [2.24, 2.45) is 0 Å². The third-order valence-corrected chi connectivity index (χ3v) is 5.07. The van der Waals surface area contributed by atoms with Gasteiger partial charge >= 0.3 is 5.97 Å². The van der Waals surface area contributed by atoms with Crippen LogP contribution in [0.4, 0.5) is 0 Å². The monoisotopic (exact) mass is 320 g/mol. The molecular formula is C12H17ClN2O4S. The molecule has 20 heavy (non-hydrogen) atoms. The van der Waals surface area contributed by atoms with Crippen LogP contribution < -0.4 is 0 Å². The highest BCUT2D eigenvalue weighted by Gasteiger charge is 2.24. The maximum atomic E-state index is 12.4. The summed E-state index contributed by atoms with van der Waals surface area (Å²) in [5.41, 5.74) is -0.117. The maximum Gasteiger partial charge on any atom is 0.335 e. The number of carboxylic acid groups (broad SMARTS) is 1. The van der Waals surface area contributed by atoms with Gasteiger partial charge in [0.25, 0.3) is 0 Å². The fourth-order valence-corrected chi connectivity index (χ4v) is 3.12. The number of carbonyl (C=O) groups is 1. The number of nitrogens with zero attached hydrogens (tertiary/aromatic N) is 2. The molecule has 1 N–H and O–H groups in total. The van der Waals surface area contributed by atoms with Crippen molar-refractivity contribution < 1.29 is 18.3 Å². The number of likely N-dealkylation sites (N-methyl/N-ethyl adjacent to an activating group) is 2. The molecule has 0 aliphatic rings. The molecule has 8 heteroatoms. The molecule has 1 aromatic rings. The predicted octanol–water partition coefficient (Wildman–Crippen LogP) is 1.22. The van der Waals surface area contributed by atoms with Crippen molar-refractivity contribution in [1.29, 1.82) is 0 Å². The third-order valence-electron chi connectivity index (χ3n) is 2.73. The van der Waals surface area contributed by atoms with Crippen molar-refractivity contribution in [3.63, 3.8) is 0 Å². The molecule has 0 heterocycles. The highest BCUT2D eigenvalue weighted by Crippen LogP contribution is 2.25. The van der Waals surface area contributed by atoms with E-state index in [0.717, 1.165) is 10.4 Å². The van der Waals surface area contributed by atoms with Gasteiger partial charge in [0.2, 0.25) is 10.0 Å². The number of benzene rings is 1. The highest BCUT2D eigenvalue weighted by molar-refractivity contribution is 7.89. The van der Waals surface area contributed by atoms with Gasteiger partial charge in [-0.3, -0.25) is 0 Å². The van der Waals surface area contributed by atoms with Crippen LogP contribution in [0.1, 0.15) is 10.4 Å². The van der Waals surface area contributed by atoms with Crippen LogP contribution in [0.3, 0.4) is 0 Å². The Hall–Kier alpha value is -1.15. The normalized spacial score (nSPS) is 12.1. The molecule has 0 aromatic heterocycles. The molecule has 0 saturated heterocycles. The average molecular weight is 321 g/mol. The molecule has 0 amide bonds. The lowest BCUT2D eigenvalue weighted by atomic mass is 10.2. The number of rotatable bonds is 6. The van der Waals surface area contributed by atoms with Gasteiger partial charge in [0.15, 0.2) is 0 Å². The van der Waals surface area contributed by atoms with Gasteiger partial charge in [-0.2, -0.15) is 4.31 Å². The molecule has 0 unspecified atom stereocenters. The van der Waals surface area contributed by atoms with Gasteiger partial charge in [-0.15, -0.1) is 0 Å². The first-order valence-electron chi connectivity index (χ1n) is 5.80. The van der Waals surface area contributed by atoms with Gasteiger partial charge in [0.05, 0.1) is 10.6 Å². The number of aromatic carboxylic acids is 1. The SMILES string of the molecule is CN(C)CCN(C)S(=O)(=O)c1cc(C(=O)O)ccc1Cl. The van der Waals surface area contributed by atoms with Crippen molar-refractivity contribution in [3.05, 3.63) is 28.8 Å². The lowest BCUT2D eigenvalue weighted by Crippen LogP contribution is -2.33. The Morgan fingerprint density at radius 2 is 1.85 bits per heavy atom. The van der Waals surface area contributed by atoms with E-state index in [2.05, 4.69) is 0 Å². The Bertz CT molecular complexity index is 601. The number of sulfonamides is 1. The van der Waals surface area contributed by atoms with Crippen molar-refractivity contribution >= 4 is 27.6 Å². The number of carboxylic acids is 1. The van der Waals surface area contributed by atoms with E-state index in [4.69, 9.17) is 16.7 Å². The van der Waals surface area contributed by atoms with Crippen LogP contribution >= 0.6 is 11.6 Å². The van der Waals surface area contributed by atoms with Gasteiger partial charge in [0, 0.05) is 20.1 Å². The molecule has 0 radical (unpaired) electrons. The van der Waals surface area contributed by atoms with E-state index in [0.29, 0.717) is 6.54 Å². The average Bonchev–Trinajstić information content (AvgIpc) is 2.35. The smallest absolute Gasteiger partial charge is 0.335 e. The minimum Gasteiger partial charge on any atom is -0.478 e. The molecule has 0 atom stereocenters. The zero-order valence-corrected chi connectivity index (χ0v) is 13.1. The lowest BCUT2D eigenvalue weighted by Gasteiger charge is -2.20. The van der Waals surface area contributed by atoms with Crippen LogP contribution in [-0.2, 0) is 10.0 Å². The van der Waals surface area contributed by atoms with Crippen molar-refractivity contribution in [1.82, 2.24) is 9.21 Å². The minimum atomic E-state index is -3.81. The molecule has 0 saturated carbocycles. The van der Waals surface area contributed by atoms with Crippen LogP contribution in [0, 0.1) is 0 Å². The van der Waals surface area contributed by atoms with Crippen molar-refractivity contribution in [2.45, 2.75) is 4.90 Å². The molecule has 6 nitrogen and oxygen atoms in total. The van der Waals surface area contributed by atoms with Crippen LogP contribution in [0.2, 0.25) is 5.02 Å². The second-order valence-electron chi connectivity index (χ2n) is 4.58. The van der Waals surface area contributed by atoms with E-state index in [1.165, 1.54) is 19.2 Å². The molecule has 112 valence electrons. The quantitative estimate of drug-likeness (QED) is 0.852. The van der Waals surface area contributed by atoms with Gasteiger partial charge in [-0.05, 0) is 32.3 Å². The summed E-state index contributed by atoms with van der Waals surface area (Å²) in [7, 11) is 1.29. The van der Waals surface area contributed by atoms with Crippen LogP contribution in [-0.4, -0.2) is 62.9 Å². The summed E-state index contributed by atoms with van der Waals surface area (Å²) in [5, 5.41) is 8.93. The lowest BCUT2D eigenvalue weighted by molar-refractivity contribution is 0.0696. The first-order valence-corrected chi connectivity index (χ1v) is 7.62. The molecule has 0 bridgehead atoms. The van der Waals surface area contributed by atoms with Gasteiger partial charge in [0.1, 0.15) is 4.90 Å². The van der Waals surface area contributed by atoms with Crippen LogP contribution in [0.15, 0.2) is 23.1 Å². The Morgan fingerprint density at radius 1 is 1.25 bits per heavy atom. The molecule has 1 rings (SSSR count). The Kier molecular flexibility index (Phi) is 5.52. The molecule has 0 aliphatic heterocycles. The second-order valence-corrected chi connectivity index (χ2v) is 7.00. The van der Waals surface area contributed by atoms with E-state index >= 15 is 0 Å². The van der Waals surface area contributed by atoms with E-state index in [-0.39, 0.29) is 22.0 Å². The zero-order chi connectivity index (χ0) is 15.5. The molecular weight excluding hydrogens is 304 g/mol. The summed E-state index contributed by atoms with van der Waals surface area (Å²) in [4.78, 5) is 12.6. The highest BCUT2D eigenvalue weighted by atomic mass is 35.5. The van der Waals surface area contributed by atoms with Crippen molar-refractivity contribution in [3.8, 4) is 0 Å². The van der Waals surface area contributed by atoms with E-state index in [1.54, 1.807) is 0 Å². The standard InChI is InChI=1S/C12H17ClN2O4S/c1-14(2)6-7-15(3)20(18,19)11-8-9(12(16)17)4-5-10(11)13/h4-5,8H,6-7H2,1-3H3,(H,16,17). The first-order chi connectivity index (χ1) is 9.16. The van der Waals surface area contributed by atoms with Crippen LogP contribution in [0.25, 0.3) is 0 Å². The number of hydrogen-bond donors (Lipinski definition) is 1. The van der Waals surface area contributed by atoms with Gasteiger partial charge in [-0.1, -0.05) is 11.6 Å². The summed E-state index contributed by atoms with van der Waals surface area (Å²) in [6.07, 6.45) is 0. The topological polar surface area (TPSA) is 77.9 Å². The molecule has 1 aromatic carbocycles. The Morgan fingerprint density at radius 3 is 2.35 bits per heavy atom. The fraction of sp³-hybridized carbons (Fsp3) is 0.417. The van der Waals surface area contributed by atoms with Gasteiger partial charge < -0.3 is 10.0 Å². The molecule has 0 fully saturated rings. The van der Waals surface area contributed by atoms with Crippen molar-refractivity contribution in [2.75, 3.05) is 34.2 Å². The zero-order valence-electron chi connectivity index (χ0n) is 11.5. The van der Waals surface area contributed by atoms with Gasteiger partial charge in [-0.25, -0.2) is 13.2 Å². The summed E-state index contributed by atoms with van der Waals surface area (Å²) in [6.45, 7) is 0.828.